The number of rotatable bonds is 7. The molecule has 1 aromatic rings. The summed E-state index contributed by atoms with van der Waals surface area (Å²) in [6, 6.07) is 3.98. The average molecular weight is 390 g/mol. The molecule has 150 valence electrons. The lowest BCUT2D eigenvalue weighted by Gasteiger charge is -2.19. The largest absolute Gasteiger partial charge is 0.493 e. The van der Waals surface area contributed by atoms with Crippen LogP contribution < -0.4 is 14.8 Å². The molecule has 3 amide bonds. The fraction of sp³-hybridized carbons (Fsp3) is 0.474. The molecule has 1 spiro atoms. The Hall–Kier alpha value is -3.10. The van der Waals surface area contributed by atoms with Crippen molar-refractivity contribution in [2.24, 2.45) is 0 Å². The molecule has 1 saturated heterocycles. The standard InChI is InChI=1S/C19H22N2O7/c1-26-14-6-5-12(9-15(14)27-2)13(22)11-28-16(23)10-21-17(24)19(20-18(21)25)7-3-4-8-19/h5-6,9H,3-4,7-8,10-11H2,1-2H3,(H,20,25). The minimum atomic E-state index is -0.882. The Morgan fingerprint density at radius 2 is 1.79 bits per heavy atom. The van der Waals surface area contributed by atoms with Crippen molar-refractivity contribution in [2.45, 2.75) is 31.2 Å². The zero-order valence-electron chi connectivity index (χ0n) is 15.8. The van der Waals surface area contributed by atoms with Crippen molar-refractivity contribution in [2.75, 3.05) is 27.4 Å². The number of benzene rings is 1. The number of methoxy groups -OCH3 is 2. The number of hydrogen-bond donors (Lipinski definition) is 1. The minimum absolute atomic E-state index is 0.283. The van der Waals surface area contributed by atoms with Gasteiger partial charge in [-0.05, 0) is 31.0 Å². The molecule has 9 heteroatoms. The van der Waals surface area contributed by atoms with E-state index in [-0.39, 0.29) is 5.56 Å². The fourth-order valence-corrected chi connectivity index (χ4v) is 3.55. The first-order valence-corrected chi connectivity index (χ1v) is 8.95. The predicted molar refractivity (Wildman–Crippen MR) is 96.3 cm³/mol. The molecule has 0 atom stereocenters. The monoisotopic (exact) mass is 390 g/mol. The summed E-state index contributed by atoms with van der Waals surface area (Å²) < 4.78 is 15.2. The van der Waals surface area contributed by atoms with E-state index in [4.69, 9.17) is 14.2 Å². The number of ether oxygens (including phenoxy) is 3. The van der Waals surface area contributed by atoms with Crippen molar-refractivity contribution in [3.63, 3.8) is 0 Å². The van der Waals surface area contributed by atoms with Gasteiger partial charge in [-0.25, -0.2) is 4.79 Å². The van der Waals surface area contributed by atoms with Gasteiger partial charge in [-0.2, -0.15) is 0 Å². The van der Waals surface area contributed by atoms with Crippen LogP contribution in [-0.4, -0.2) is 61.5 Å². The van der Waals surface area contributed by atoms with Gasteiger partial charge in [0.1, 0.15) is 12.1 Å². The Labute approximate surface area is 161 Å². The lowest BCUT2D eigenvalue weighted by molar-refractivity contribution is -0.146. The number of Topliss-reactive ketones (excluding diaryl/α,β-unsaturated/α-hetero) is 1. The number of urea groups is 1. The first-order valence-electron chi connectivity index (χ1n) is 8.95. The zero-order chi connectivity index (χ0) is 20.3. The molecule has 2 fully saturated rings. The van der Waals surface area contributed by atoms with E-state index in [0.29, 0.717) is 24.3 Å². The zero-order valence-corrected chi connectivity index (χ0v) is 15.8. The molecule has 0 bridgehead atoms. The van der Waals surface area contributed by atoms with Crippen LogP contribution in [0.15, 0.2) is 18.2 Å². The second-order valence-electron chi connectivity index (χ2n) is 6.76. The van der Waals surface area contributed by atoms with E-state index in [1.165, 1.54) is 26.4 Å². The van der Waals surface area contributed by atoms with Crippen LogP contribution in [0.25, 0.3) is 0 Å². The maximum absolute atomic E-state index is 12.5. The third-order valence-electron chi connectivity index (χ3n) is 5.06. The van der Waals surface area contributed by atoms with Crippen LogP contribution >= 0.6 is 0 Å². The number of nitrogens with one attached hydrogen (secondary N) is 1. The van der Waals surface area contributed by atoms with Crippen LogP contribution in [0.4, 0.5) is 4.79 Å². The molecular weight excluding hydrogens is 368 g/mol. The summed E-state index contributed by atoms with van der Waals surface area (Å²) in [4.78, 5) is 49.7. The number of hydrogen-bond acceptors (Lipinski definition) is 7. The summed E-state index contributed by atoms with van der Waals surface area (Å²) in [5.41, 5.74) is -0.599. The van der Waals surface area contributed by atoms with Crippen LogP contribution in [0.2, 0.25) is 0 Å². The Balaban J connectivity index is 1.56. The van der Waals surface area contributed by atoms with Crippen molar-refractivity contribution < 1.29 is 33.4 Å². The molecule has 1 aliphatic heterocycles. The van der Waals surface area contributed by atoms with Crippen molar-refractivity contribution >= 4 is 23.7 Å². The Morgan fingerprint density at radius 3 is 2.43 bits per heavy atom. The Bertz CT molecular complexity index is 815. The van der Waals surface area contributed by atoms with Gasteiger partial charge < -0.3 is 19.5 Å². The first kappa shape index (κ1) is 19.7. The highest BCUT2D eigenvalue weighted by atomic mass is 16.5. The highest BCUT2D eigenvalue weighted by Gasteiger charge is 2.52. The smallest absolute Gasteiger partial charge is 0.326 e. The molecule has 2 aliphatic rings. The van der Waals surface area contributed by atoms with Crippen LogP contribution in [0, 0.1) is 0 Å². The van der Waals surface area contributed by atoms with Crippen LogP contribution in [-0.2, 0) is 14.3 Å². The van der Waals surface area contributed by atoms with Crippen molar-refractivity contribution in [1.29, 1.82) is 0 Å². The predicted octanol–water partition coefficient (Wildman–Crippen LogP) is 1.29. The van der Waals surface area contributed by atoms with Crippen molar-refractivity contribution in [3.8, 4) is 11.5 Å². The van der Waals surface area contributed by atoms with Gasteiger partial charge in [0.15, 0.2) is 23.9 Å². The maximum Gasteiger partial charge on any atom is 0.326 e. The molecule has 1 aliphatic carbocycles. The quantitative estimate of drug-likeness (QED) is 0.424. The molecule has 0 aromatic heterocycles. The number of amides is 3. The number of carbonyl (C=O) groups is 4. The summed E-state index contributed by atoms with van der Waals surface area (Å²) >= 11 is 0. The van der Waals surface area contributed by atoms with Crippen molar-refractivity contribution in [3.05, 3.63) is 23.8 Å². The highest BCUT2D eigenvalue weighted by molar-refractivity contribution is 6.09. The summed E-state index contributed by atoms with van der Waals surface area (Å²) in [5.74, 6) is -0.833. The van der Waals surface area contributed by atoms with Gasteiger partial charge in [0.05, 0.1) is 14.2 Å². The fourth-order valence-electron chi connectivity index (χ4n) is 3.55. The number of esters is 1. The molecule has 0 radical (unpaired) electrons. The summed E-state index contributed by atoms with van der Waals surface area (Å²) in [6.45, 7) is -1.03. The normalized spacial score (nSPS) is 17.6. The van der Waals surface area contributed by atoms with Crippen LogP contribution in [0.1, 0.15) is 36.0 Å². The van der Waals surface area contributed by atoms with Crippen LogP contribution in [0.5, 0.6) is 11.5 Å². The minimum Gasteiger partial charge on any atom is -0.493 e. The van der Waals surface area contributed by atoms with Gasteiger partial charge in [-0.15, -0.1) is 0 Å². The molecule has 3 rings (SSSR count). The summed E-state index contributed by atoms with van der Waals surface area (Å²) in [6.07, 6.45) is 2.84. The van der Waals surface area contributed by atoms with Gasteiger partial charge in [0.2, 0.25) is 0 Å². The first-order chi connectivity index (χ1) is 13.4. The van der Waals surface area contributed by atoms with Gasteiger partial charge >= 0.3 is 12.0 Å². The highest BCUT2D eigenvalue weighted by Crippen LogP contribution is 2.35. The molecule has 1 aromatic carbocycles. The van der Waals surface area contributed by atoms with E-state index in [1.54, 1.807) is 6.07 Å². The third-order valence-corrected chi connectivity index (χ3v) is 5.06. The summed E-state index contributed by atoms with van der Waals surface area (Å²) in [7, 11) is 2.92. The lowest BCUT2D eigenvalue weighted by atomic mass is 9.98. The molecule has 1 N–H and O–H groups in total. The number of carbonyl (C=O) groups excluding carboxylic acids is 4. The average Bonchev–Trinajstić information content (AvgIpc) is 3.26. The molecular formula is C19H22N2O7. The van der Waals surface area contributed by atoms with Crippen molar-refractivity contribution in [1.82, 2.24) is 10.2 Å². The number of nitrogens with zero attached hydrogens (tertiary/aromatic N) is 1. The SMILES string of the molecule is COc1ccc(C(=O)COC(=O)CN2C(=O)NC3(CCCC3)C2=O)cc1OC. The van der Waals surface area contributed by atoms with E-state index in [0.717, 1.165) is 17.7 Å². The van der Waals surface area contributed by atoms with E-state index in [2.05, 4.69) is 5.32 Å². The second kappa shape index (κ2) is 7.87. The van der Waals surface area contributed by atoms with E-state index < -0.39 is 42.4 Å². The molecule has 1 saturated carbocycles. The molecule has 9 nitrogen and oxygen atoms in total. The topological polar surface area (TPSA) is 111 Å². The summed E-state index contributed by atoms with van der Waals surface area (Å²) in [5, 5.41) is 2.69. The third kappa shape index (κ3) is 3.64. The Morgan fingerprint density at radius 1 is 1.11 bits per heavy atom. The Kier molecular flexibility index (Phi) is 5.53. The molecule has 28 heavy (non-hydrogen) atoms. The number of ketones is 1. The molecule has 1 heterocycles. The number of imide groups is 1. The van der Waals surface area contributed by atoms with E-state index in [1.807, 2.05) is 0 Å². The maximum atomic E-state index is 12.5. The van der Waals surface area contributed by atoms with Gasteiger partial charge in [0.25, 0.3) is 5.91 Å². The van der Waals surface area contributed by atoms with Crippen LogP contribution in [0.3, 0.4) is 0 Å². The molecule has 0 unspecified atom stereocenters. The second-order valence-corrected chi connectivity index (χ2v) is 6.76. The van der Waals surface area contributed by atoms with E-state index >= 15 is 0 Å². The van der Waals surface area contributed by atoms with E-state index in [9.17, 15) is 19.2 Å². The van der Waals surface area contributed by atoms with Gasteiger partial charge in [0, 0.05) is 5.56 Å². The lowest BCUT2D eigenvalue weighted by Crippen LogP contribution is -2.44. The van der Waals surface area contributed by atoms with Gasteiger partial charge in [-0.1, -0.05) is 12.8 Å². The van der Waals surface area contributed by atoms with Gasteiger partial charge in [-0.3, -0.25) is 19.3 Å².